The lowest BCUT2D eigenvalue weighted by Gasteiger charge is -2.19. The minimum Gasteiger partial charge on any atom is -0.480 e. The molecule has 1 fully saturated rings. The molecule has 0 radical (unpaired) electrons. The van der Waals surface area contributed by atoms with Crippen LogP contribution in [0.1, 0.15) is 22.7 Å². The molecule has 0 bridgehead atoms. The summed E-state index contributed by atoms with van der Waals surface area (Å²) in [5.74, 6) is -1.17. The van der Waals surface area contributed by atoms with Gasteiger partial charge in [0.25, 0.3) is 0 Å². The standard InChI is InChI=1S/C12H14N2O3S/c1-8-13-7-9(18-8)4-5-11(15)14-6-2-3-10(14)12(16)17/h4-5,7,10H,2-3,6H2,1H3,(H,16,17). The third-order valence-electron chi connectivity index (χ3n) is 2.85. The van der Waals surface area contributed by atoms with E-state index in [0.717, 1.165) is 16.3 Å². The molecule has 18 heavy (non-hydrogen) atoms. The van der Waals surface area contributed by atoms with Gasteiger partial charge in [-0.2, -0.15) is 0 Å². The van der Waals surface area contributed by atoms with Gasteiger partial charge in [0.05, 0.1) is 5.01 Å². The highest BCUT2D eigenvalue weighted by Gasteiger charge is 2.32. The van der Waals surface area contributed by atoms with Crippen molar-refractivity contribution in [1.82, 2.24) is 9.88 Å². The van der Waals surface area contributed by atoms with Crippen LogP contribution in [0.2, 0.25) is 0 Å². The molecule has 1 unspecified atom stereocenters. The van der Waals surface area contributed by atoms with Gasteiger partial charge in [-0.05, 0) is 25.8 Å². The van der Waals surface area contributed by atoms with Crippen molar-refractivity contribution in [2.45, 2.75) is 25.8 Å². The van der Waals surface area contributed by atoms with Crippen molar-refractivity contribution >= 4 is 29.3 Å². The maximum Gasteiger partial charge on any atom is 0.326 e. The molecule has 2 heterocycles. The monoisotopic (exact) mass is 266 g/mol. The predicted octanol–water partition coefficient (Wildman–Crippen LogP) is 1.54. The van der Waals surface area contributed by atoms with E-state index in [9.17, 15) is 9.59 Å². The highest BCUT2D eigenvalue weighted by molar-refractivity contribution is 7.12. The second kappa shape index (κ2) is 5.30. The molecule has 2 rings (SSSR count). The minimum absolute atomic E-state index is 0.244. The van der Waals surface area contributed by atoms with Crippen LogP contribution in [-0.2, 0) is 9.59 Å². The summed E-state index contributed by atoms with van der Waals surface area (Å²) in [4.78, 5) is 29.3. The Morgan fingerprint density at radius 3 is 3.00 bits per heavy atom. The molecule has 0 aromatic carbocycles. The summed E-state index contributed by atoms with van der Waals surface area (Å²) < 4.78 is 0. The number of carbonyl (C=O) groups excluding carboxylic acids is 1. The molecule has 1 amide bonds. The first-order valence-electron chi connectivity index (χ1n) is 5.72. The minimum atomic E-state index is -0.928. The van der Waals surface area contributed by atoms with E-state index in [1.807, 2.05) is 6.92 Å². The summed E-state index contributed by atoms with van der Waals surface area (Å²) >= 11 is 1.49. The highest BCUT2D eigenvalue weighted by Crippen LogP contribution is 2.19. The fraction of sp³-hybridized carbons (Fsp3) is 0.417. The van der Waals surface area contributed by atoms with E-state index in [1.165, 1.54) is 22.3 Å². The number of carbonyl (C=O) groups is 2. The third kappa shape index (κ3) is 2.76. The lowest BCUT2D eigenvalue weighted by molar-refractivity contribution is -0.146. The zero-order valence-corrected chi connectivity index (χ0v) is 10.8. The van der Waals surface area contributed by atoms with E-state index in [-0.39, 0.29) is 5.91 Å². The molecule has 96 valence electrons. The molecule has 5 nitrogen and oxygen atoms in total. The van der Waals surface area contributed by atoms with Gasteiger partial charge in [-0.3, -0.25) is 4.79 Å². The zero-order chi connectivity index (χ0) is 13.1. The fourth-order valence-corrected chi connectivity index (χ4v) is 2.68. The van der Waals surface area contributed by atoms with E-state index in [1.54, 1.807) is 12.3 Å². The Hall–Kier alpha value is -1.69. The van der Waals surface area contributed by atoms with Crippen LogP contribution in [0, 0.1) is 6.92 Å². The van der Waals surface area contributed by atoms with Gasteiger partial charge < -0.3 is 10.0 Å². The number of carboxylic acids is 1. The van der Waals surface area contributed by atoms with Gasteiger partial charge in [0.15, 0.2) is 0 Å². The first-order valence-corrected chi connectivity index (χ1v) is 6.53. The molecule has 1 aliphatic rings. The average Bonchev–Trinajstić information content (AvgIpc) is 2.94. The predicted molar refractivity (Wildman–Crippen MR) is 68.3 cm³/mol. The molecular weight excluding hydrogens is 252 g/mol. The second-order valence-electron chi connectivity index (χ2n) is 4.14. The Morgan fingerprint density at radius 2 is 2.39 bits per heavy atom. The molecule has 0 spiro atoms. The SMILES string of the molecule is Cc1ncc(C=CC(=O)N2CCCC2C(=O)O)s1. The molecule has 1 aromatic heterocycles. The Labute approximate surface area is 109 Å². The van der Waals surface area contributed by atoms with Crippen LogP contribution in [0.25, 0.3) is 6.08 Å². The number of hydrogen-bond donors (Lipinski definition) is 1. The third-order valence-corrected chi connectivity index (χ3v) is 3.73. The lowest BCUT2D eigenvalue weighted by Crippen LogP contribution is -2.39. The van der Waals surface area contributed by atoms with Gasteiger partial charge in [-0.15, -0.1) is 11.3 Å². The largest absolute Gasteiger partial charge is 0.480 e. The van der Waals surface area contributed by atoms with E-state index in [0.29, 0.717) is 13.0 Å². The number of likely N-dealkylation sites (tertiary alicyclic amines) is 1. The summed E-state index contributed by atoms with van der Waals surface area (Å²) in [5.41, 5.74) is 0. The fourth-order valence-electron chi connectivity index (χ4n) is 1.99. The molecule has 1 atom stereocenters. The van der Waals surface area contributed by atoms with Crippen LogP contribution >= 0.6 is 11.3 Å². The van der Waals surface area contributed by atoms with Crippen molar-refractivity contribution in [3.63, 3.8) is 0 Å². The molecule has 1 saturated heterocycles. The lowest BCUT2D eigenvalue weighted by atomic mass is 10.2. The molecule has 0 saturated carbocycles. The molecule has 0 aliphatic carbocycles. The topological polar surface area (TPSA) is 70.5 Å². The van der Waals surface area contributed by atoms with E-state index in [2.05, 4.69) is 4.98 Å². The number of thiazole rings is 1. The molecule has 6 heteroatoms. The Bertz CT molecular complexity index is 495. The summed E-state index contributed by atoms with van der Waals surface area (Å²) in [6.45, 7) is 2.41. The first-order chi connectivity index (χ1) is 8.58. The number of nitrogens with zero attached hydrogens (tertiary/aromatic N) is 2. The van der Waals surface area contributed by atoms with E-state index >= 15 is 0 Å². The molecule has 1 aromatic rings. The Morgan fingerprint density at radius 1 is 1.61 bits per heavy atom. The number of amides is 1. The van der Waals surface area contributed by atoms with E-state index in [4.69, 9.17) is 5.11 Å². The van der Waals surface area contributed by atoms with Crippen molar-refractivity contribution < 1.29 is 14.7 Å². The van der Waals surface area contributed by atoms with Gasteiger partial charge in [0.2, 0.25) is 5.91 Å². The molecule has 1 N–H and O–H groups in total. The van der Waals surface area contributed by atoms with Crippen LogP contribution in [0.15, 0.2) is 12.3 Å². The van der Waals surface area contributed by atoms with E-state index < -0.39 is 12.0 Å². The normalized spacial score (nSPS) is 19.6. The number of aliphatic carboxylic acids is 1. The zero-order valence-electron chi connectivity index (χ0n) is 10.00. The van der Waals surface area contributed by atoms with Gasteiger partial charge in [0, 0.05) is 23.7 Å². The van der Waals surface area contributed by atoms with Gasteiger partial charge >= 0.3 is 5.97 Å². The molecular formula is C12H14N2O3S. The summed E-state index contributed by atoms with van der Waals surface area (Å²) in [6.07, 6.45) is 6.09. The Kier molecular flexibility index (Phi) is 3.76. The Balaban J connectivity index is 2.03. The summed E-state index contributed by atoms with van der Waals surface area (Å²) in [6, 6.07) is -0.676. The summed E-state index contributed by atoms with van der Waals surface area (Å²) in [5, 5.41) is 9.93. The number of aryl methyl sites for hydroxylation is 1. The van der Waals surface area contributed by atoms with Crippen LogP contribution in [-0.4, -0.2) is 39.5 Å². The van der Waals surface area contributed by atoms with Gasteiger partial charge in [-0.1, -0.05) is 0 Å². The van der Waals surface area contributed by atoms with Crippen LogP contribution < -0.4 is 0 Å². The van der Waals surface area contributed by atoms with Crippen molar-refractivity contribution in [1.29, 1.82) is 0 Å². The van der Waals surface area contributed by atoms with Gasteiger partial charge in [0.1, 0.15) is 6.04 Å². The van der Waals surface area contributed by atoms with Gasteiger partial charge in [-0.25, -0.2) is 9.78 Å². The van der Waals surface area contributed by atoms with Crippen molar-refractivity contribution in [2.75, 3.05) is 6.54 Å². The maximum atomic E-state index is 11.9. The summed E-state index contributed by atoms with van der Waals surface area (Å²) in [7, 11) is 0. The number of carboxylic acid groups (broad SMARTS) is 1. The first kappa shape index (κ1) is 12.8. The molecule has 1 aliphatic heterocycles. The van der Waals surface area contributed by atoms with Crippen LogP contribution in [0.4, 0.5) is 0 Å². The van der Waals surface area contributed by atoms with Crippen LogP contribution in [0.3, 0.4) is 0 Å². The highest BCUT2D eigenvalue weighted by atomic mass is 32.1. The average molecular weight is 266 g/mol. The number of aromatic nitrogens is 1. The number of rotatable bonds is 3. The second-order valence-corrected chi connectivity index (χ2v) is 5.41. The quantitative estimate of drug-likeness (QED) is 0.842. The maximum absolute atomic E-state index is 11.9. The van der Waals surface area contributed by atoms with Crippen molar-refractivity contribution in [3.8, 4) is 0 Å². The van der Waals surface area contributed by atoms with Crippen molar-refractivity contribution in [2.24, 2.45) is 0 Å². The smallest absolute Gasteiger partial charge is 0.326 e. The van der Waals surface area contributed by atoms with Crippen molar-refractivity contribution in [3.05, 3.63) is 22.2 Å². The van der Waals surface area contributed by atoms with Crippen LogP contribution in [0.5, 0.6) is 0 Å². The number of hydrogen-bond acceptors (Lipinski definition) is 4.